The lowest BCUT2D eigenvalue weighted by atomic mass is 9.99. The Morgan fingerprint density at radius 3 is 2.63 bits per heavy atom. The predicted molar refractivity (Wildman–Crippen MR) is 84.5 cm³/mol. The molecule has 0 amide bonds. The summed E-state index contributed by atoms with van der Waals surface area (Å²) in [6, 6.07) is 3.94. The van der Waals surface area contributed by atoms with E-state index >= 15 is 0 Å². The molecule has 0 spiro atoms. The summed E-state index contributed by atoms with van der Waals surface area (Å²) in [5, 5.41) is 4.26. The first-order valence-electron chi connectivity index (χ1n) is 7.20. The van der Waals surface area contributed by atoms with Gasteiger partial charge in [-0.15, -0.1) is 0 Å². The molecular formula is C16H26ClNO. The van der Waals surface area contributed by atoms with E-state index in [0.717, 1.165) is 34.5 Å². The molecule has 0 bridgehead atoms. The highest BCUT2D eigenvalue weighted by Crippen LogP contribution is 2.31. The number of methoxy groups -OCH3 is 1. The van der Waals surface area contributed by atoms with Gasteiger partial charge in [0.05, 0.1) is 12.8 Å². The molecule has 0 aliphatic heterocycles. The lowest BCUT2D eigenvalue weighted by Gasteiger charge is -2.18. The number of hydrogen-bond acceptors (Lipinski definition) is 2. The molecular weight excluding hydrogens is 258 g/mol. The van der Waals surface area contributed by atoms with Crippen LogP contribution in [0.2, 0.25) is 5.02 Å². The molecule has 0 aromatic heterocycles. The number of benzene rings is 1. The van der Waals surface area contributed by atoms with Gasteiger partial charge in [-0.2, -0.15) is 0 Å². The van der Waals surface area contributed by atoms with Gasteiger partial charge in [0, 0.05) is 17.6 Å². The predicted octanol–water partition coefficient (Wildman–Crippen LogP) is 5.29. The van der Waals surface area contributed by atoms with Gasteiger partial charge in [0.25, 0.3) is 0 Å². The van der Waals surface area contributed by atoms with E-state index < -0.39 is 0 Å². The summed E-state index contributed by atoms with van der Waals surface area (Å²) in [5.41, 5.74) is 2.12. The summed E-state index contributed by atoms with van der Waals surface area (Å²) < 4.78 is 5.38. The minimum Gasteiger partial charge on any atom is -0.495 e. The van der Waals surface area contributed by atoms with Gasteiger partial charge in [0.1, 0.15) is 5.75 Å². The normalized spacial score (nSPS) is 12.3. The van der Waals surface area contributed by atoms with E-state index in [2.05, 4.69) is 25.2 Å². The highest BCUT2D eigenvalue weighted by Gasteiger charge is 2.10. The molecule has 0 aliphatic carbocycles. The quantitative estimate of drug-likeness (QED) is 0.700. The van der Waals surface area contributed by atoms with Crippen molar-refractivity contribution in [1.29, 1.82) is 0 Å². The summed E-state index contributed by atoms with van der Waals surface area (Å²) in [7, 11) is 1.68. The van der Waals surface area contributed by atoms with E-state index in [1.807, 2.05) is 13.0 Å². The molecule has 0 fully saturated rings. The maximum atomic E-state index is 6.12. The van der Waals surface area contributed by atoms with E-state index in [-0.39, 0.29) is 0 Å². The molecule has 1 aromatic carbocycles. The molecule has 1 atom stereocenters. The molecule has 2 nitrogen and oxygen atoms in total. The van der Waals surface area contributed by atoms with Crippen LogP contribution in [0.1, 0.15) is 45.1 Å². The Morgan fingerprint density at radius 1 is 1.32 bits per heavy atom. The maximum Gasteiger partial charge on any atom is 0.143 e. The Balaban J connectivity index is 2.67. The van der Waals surface area contributed by atoms with Crippen molar-refractivity contribution in [3.05, 3.63) is 22.7 Å². The van der Waals surface area contributed by atoms with Gasteiger partial charge >= 0.3 is 0 Å². The van der Waals surface area contributed by atoms with Gasteiger partial charge < -0.3 is 10.1 Å². The van der Waals surface area contributed by atoms with E-state index in [4.69, 9.17) is 16.3 Å². The zero-order chi connectivity index (χ0) is 14.3. The van der Waals surface area contributed by atoms with Crippen molar-refractivity contribution in [2.75, 3.05) is 19.0 Å². The Labute approximate surface area is 122 Å². The number of nitrogens with one attached hydrogen (secondary N) is 1. The van der Waals surface area contributed by atoms with Crippen molar-refractivity contribution in [1.82, 2.24) is 0 Å². The number of rotatable bonds is 8. The third-order valence-corrected chi connectivity index (χ3v) is 4.01. The molecule has 3 heteroatoms. The molecule has 0 heterocycles. The van der Waals surface area contributed by atoms with Crippen LogP contribution >= 0.6 is 11.6 Å². The number of anilines is 1. The van der Waals surface area contributed by atoms with Crippen molar-refractivity contribution in [2.24, 2.45) is 5.92 Å². The average Bonchev–Trinajstić information content (AvgIpc) is 2.42. The zero-order valence-electron chi connectivity index (χ0n) is 12.6. The van der Waals surface area contributed by atoms with Crippen LogP contribution in [0.5, 0.6) is 5.75 Å². The van der Waals surface area contributed by atoms with Crippen molar-refractivity contribution < 1.29 is 4.74 Å². The summed E-state index contributed by atoms with van der Waals surface area (Å²) in [5.74, 6) is 1.54. The van der Waals surface area contributed by atoms with Crippen molar-refractivity contribution in [3.63, 3.8) is 0 Å². The zero-order valence-corrected chi connectivity index (χ0v) is 13.3. The van der Waals surface area contributed by atoms with Crippen molar-refractivity contribution in [3.8, 4) is 5.75 Å². The second-order valence-corrected chi connectivity index (χ2v) is 5.51. The van der Waals surface area contributed by atoms with Gasteiger partial charge in [-0.25, -0.2) is 0 Å². The number of halogens is 1. The van der Waals surface area contributed by atoms with E-state index in [1.165, 1.54) is 25.7 Å². The number of unbranched alkanes of at least 4 members (excludes halogenated alkanes) is 1. The second-order valence-electron chi connectivity index (χ2n) is 5.10. The third-order valence-electron chi connectivity index (χ3n) is 3.61. The number of ether oxygens (including phenoxy) is 1. The van der Waals surface area contributed by atoms with Crippen molar-refractivity contribution >= 4 is 17.3 Å². The Hall–Kier alpha value is -0.890. The van der Waals surface area contributed by atoms with Gasteiger partial charge in [-0.3, -0.25) is 0 Å². The smallest absolute Gasteiger partial charge is 0.143 e. The summed E-state index contributed by atoms with van der Waals surface area (Å²) in [6.07, 6.45) is 5.06. The standard InChI is InChI=1S/C16H26ClNO/c1-5-7-8-13(6-2)11-18-15-9-12(3)14(17)10-16(15)19-4/h9-10,13,18H,5-8,11H2,1-4H3. The van der Waals surface area contributed by atoms with E-state index in [9.17, 15) is 0 Å². The molecule has 0 saturated heterocycles. The minimum atomic E-state index is 0.723. The molecule has 1 N–H and O–H groups in total. The van der Waals surface area contributed by atoms with Crippen LogP contribution in [0.4, 0.5) is 5.69 Å². The average molecular weight is 284 g/mol. The summed E-state index contributed by atoms with van der Waals surface area (Å²) in [6.45, 7) is 7.51. The molecule has 0 radical (unpaired) electrons. The Bertz CT molecular complexity index is 393. The molecule has 1 unspecified atom stereocenters. The first-order valence-corrected chi connectivity index (χ1v) is 7.58. The van der Waals surface area contributed by atoms with E-state index in [0.29, 0.717) is 0 Å². The van der Waals surface area contributed by atoms with Gasteiger partial charge in [-0.05, 0) is 30.9 Å². The van der Waals surface area contributed by atoms with Crippen LogP contribution < -0.4 is 10.1 Å². The van der Waals surface area contributed by atoms with Gasteiger partial charge in [0.2, 0.25) is 0 Å². The molecule has 0 aliphatic rings. The fraction of sp³-hybridized carbons (Fsp3) is 0.625. The van der Waals surface area contributed by atoms with Crippen LogP contribution in [-0.2, 0) is 0 Å². The van der Waals surface area contributed by atoms with Gasteiger partial charge in [0.15, 0.2) is 0 Å². The van der Waals surface area contributed by atoms with Crippen LogP contribution in [0.15, 0.2) is 12.1 Å². The first kappa shape index (κ1) is 16.2. The van der Waals surface area contributed by atoms with Crippen molar-refractivity contribution in [2.45, 2.75) is 46.5 Å². The lowest BCUT2D eigenvalue weighted by molar-refractivity contribution is 0.415. The molecule has 0 saturated carbocycles. The highest BCUT2D eigenvalue weighted by atomic mass is 35.5. The topological polar surface area (TPSA) is 21.3 Å². The fourth-order valence-corrected chi connectivity index (χ4v) is 2.32. The first-order chi connectivity index (χ1) is 9.12. The summed E-state index contributed by atoms with van der Waals surface area (Å²) in [4.78, 5) is 0. The van der Waals surface area contributed by atoms with Crippen LogP contribution in [0.3, 0.4) is 0 Å². The second kappa shape index (κ2) is 8.31. The Morgan fingerprint density at radius 2 is 2.05 bits per heavy atom. The maximum absolute atomic E-state index is 6.12. The van der Waals surface area contributed by atoms with Gasteiger partial charge in [-0.1, -0.05) is 44.7 Å². The molecule has 108 valence electrons. The Kier molecular flexibility index (Phi) is 7.07. The third kappa shape index (κ3) is 4.94. The number of aryl methyl sites for hydroxylation is 1. The van der Waals surface area contributed by atoms with Crippen LogP contribution in [-0.4, -0.2) is 13.7 Å². The monoisotopic (exact) mass is 283 g/mol. The van der Waals surface area contributed by atoms with E-state index in [1.54, 1.807) is 7.11 Å². The van der Waals surface area contributed by atoms with Crippen LogP contribution in [0, 0.1) is 12.8 Å². The van der Waals surface area contributed by atoms with Crippen LogP contribution in [0.25, 0.3) is 0 Å². The number of hydrogen-bond donors (Lipinski definition) is 1. The molecule has 1 aromatic rings. The lowest BCUT2D eigenvalue weighted by Crippen LogP contribution is -2.14. The molecule has 1 rings (SSSR count). The highest BCUT2D eigenvalue weighted by molar-refractivity contribution is 6.31. The minimum absolute atomic E-state index is 0.723. The summed E-state index contributed by atoms with van der Waals surface area (Å²) >= 11 is 6.12. The SMILES string of the molecule is CCCCC(CC)CNc1cc(C)c(Cl)cc1OC. The largest absolute Gasteiger partial charge is 0.495 e. The molecule has 19 heavy (non-hydrogen) atoms. The fourth-order valence-electron chi connectivity index (χ4n) is 2.17.